The average Bonchev–Trinajstić information content (AvgIpc) is 2.80. The summed E-state index contributed by atoms with van der Waals surface area (Å²) in [4.78, 5) is 39.0. The molecule has 0 radical (unpaired) electrons. The van der Waals surface area contributed by atoms with Crippen molar-refractivity contribution in [3.63, 3.8) is 0 Å². The van der Waals surface area contributed by atoms with Gasteiger partial charge < -0.3 is 16.0 Å². The van der Waals surface area contributed by atoms with Crippen molar-refractivity contribution in [2.45, 2.75) is 12.8 Å². The molecule has 30 heavy (non-hydrogen) atoms. The highest BCUT2D eigenvalue weighted by Crippen LogP contribution is 2.22. The van der Waals surface area contributed by atoms with Gasteiger partial charge in [-0.3, -0.25) is 9.59 Å². The molecule has 4 rings (SSSR count). The van der Waals surface area contributed by atoms with Crippen molar-refractivity contribution in [1.82, 2.24) is 15.0 Å². The van der Waals surface area contributed by atoms with Gasteiger partial charge in [0.2, 0.25) is 5.91 Å². The van der Waals surface area contributed by atoms with Gasteiger partial charge in [0.25, 0.3) is 5.91 Å². The Labute approximate surface area is 174 Å². The van der Waals surface area contributed by atoms with E-state index in [1.807, 2.05) is 41.3 Å². The Balaban J connectivity index is 1.39. The summed E-state index contributed by atoms with van der Waals surface area (Å²) in [5.41, 5.74) is 7.26. The van der Waals surface area contributed by atoms with Crippen LogP contribution in [-0.4, -0.2) is 39.9 Å². The molecule has 8 heteroatoms. The highest BCUT2D eigenvalue weighted by atomic mass is 16.2. The van der Waals surface area contributed by atoms with Crippen molar-refractivity contribution in [2.75, 3.05) is 23.3 Å². The largest absolute Gasteiger partial charge is 0.369 e. The molecule has 1 fully saturated rings. The van der Waals surface area contributed by atoms with Crippen molar-refractivity contribution in [2.24, 2.45) is 11.7 Å². The zero-order valence-electron chi connectivity index (χ0n) is 16.4. The standard InChI is InChI=1S/C22H22N6O2/c23-20(29)16-7-4-10-28(14-16)19-9-8-18(13-24-19)27-22(30)17-11-25-21(26-12-17)15-5-2-1-3-6-15/h1-3,5-6,8-9,11-13,16H,4,7,10,14H2,(H2,23,29)(H,27,30). The predicted octanol–water partition coefficient (Wildman–Crippen LogP) is 2.49. The lowest BCUT2D eigenvalue weighted by Gasteiger charge is -2.32. The minimum atomic E-state index is -0.309. The first-order valence-corrected chi connectivity index (χ1v) is 9.79. The van der Waals surface area contributed by atoms with Crippen LogP contribution >= 0.6 is 0 Å². The molecular formula is C22H22N6O2. The molecule has 1 aromatic carbocycles. The minimum absolute atomic E-state index is 0.154. The van der Waals surface area contributed by atoms with Crippen LogP contribution in [-0.2, 0) is 4.79 Å². The maximum atomic E-state index is 12.5. The smallest absolute Gasteiger partial charge is 0.258 e. The zero-order valence-corrected chi connectivity index (χ0v) is 16.4. The Kier molecular flexibility index (Phi) is 5.65. The number of primary amides is 1. The van der Waals surface area contributed by atoms with Crippen molar-refractivity contribution in [3.05, 3.63) is 66.6 Å². The molecule has 1 aliphatic rings. The topological polar surface area (TPSA) is 114 Å². The summed E-state index contributed by atoms with van der Waals surface area (Å²) in [5.74, 6) is 0.585. The molecule has 3 aromatic rings. The van der Waals surface area contributed by atoms with E-state index in [1.165, 1.54) is 12.4 Å². The number of carbonyl (C=O) groups excluding carboxylic acids is 2. The molecule has 2 aromatic heterocycles. The van der Waals surface area contributed by atoms with E-state index < -0.39 is 0 Å². The maximum Gasteiger partial charge on any atom is 0.258 e. The van der Waals surface area contributed by atoms with E-state index in [1.54, 1.807) is 12.3 Å². The number of benzene rings is 1. The summed E-state index contributed by atoms with van der Waals surface area (Å²) in [7, 11) is 0. The first kappa shape index (κ1) is 19.5. The maximum absolute atomic E-state index is 12.5. The van der Waals surface area contributed by atoms with Gasteiger partial charge in [0.1, 0.15) is 5.82 Å². The van der Waals surface area contributed by atoms with Gasteiger partial charge in [0.05, 0.1) is 23.4 Å². The molecule has 3 heterocycles. The number of nitrogens with zero attached hydrogens (tertiary/aromatic N) is 4. The van der Waals surface area contributed by atoms with Crippen LogP contribution in [0.5, 0.6) is 0 Å². The molecule has 0 saturated carbocycles. The highest BCUT2D eigenvalue weighted by Gasteiger charge is 2.24. The lowest BCUT2D eigenvalue weighted by atomic mass is 9.97. The molecule has 0 bridgehead atoms. The van der Waals surface area contributed by atoms with E-state index in [0.717, 1.165) is 30.8 Å². The average molecular weight is 402 g/mol. The van der Waals surface area contributed by atoms with Crippen molar-refractivity contribution >= 4 is 23.3 Å². The molecule has 152 valence electrons. The molecule has 8 nitrogen and oxygen atoms in total. The lowest BCUT2D eigenvalue weighted by Crippen LogP contribution is -2.41. The normalized spacial score (nSPS) is 16.1. The number of rotatable bonds is 5. The fourth-order valence-electron chi connectivity index (χ4n) is 3.45. The van der Waals surface area contributed by atoms with E-state index in [4.69, 9.17) is 5.73 Å². The monoisotopic (exact) mass is 402 g/mol. The third-order valence-corrected chi connectivity index (χ3v) is 5.10. The fraction of sp³-hybridized carbons (Fsp3) is 0.227. The number of anilines is 2. The fourth-order valence-corrected chi connectivity index (χ4v) is 3.45. The first-order valence-electron chi connectivity index (χ1n) is 9.79. The van der Waals surface area contributed by atoms with Crippen molar-refractivity contribution in [3.8, 4) is 11.4 Å². The molecule has 1 saturated heterocycles. The molecule has 0 spiro atoms. The molecule has 1 aliphatic heterocycles. The Morgan fingerprint density at radius 2 is 1.77 bits per heavy atom. The summed E-state index contributed by atoms with van der Waals surface area (Å²) in [6.07, 6.45) is 6.31. The molecular weight excluding hydrogens is 380 g/mol. The van der Waals surface area contributed by atoms with E-state index >= 15 is 0 Å². The van der Waals surface area contributed by atoms with E-state index in [9.17, 15) is 9.59 Å². The van der Waals surface area contributed by atoms with Gasteiger partial charge in [-0.1, -0.05) is 30.3 Å². The summed E-state index contributed by atoms with van der Waals surface area (Å²) in [6, 6.07) is 13.2. The minimum Gasteiger partial charge on any atom is -0.369 e. The van der Waals surface area contributed by atoms with Gasteiger partial charge in [-0.05, 0) is 25.0 Å². The van der Waals surface area contributed by atoms with Crippen LogP contribution in [0.4, 0.5) is 11.5 Å². The second kappa shape index (κ2) is 8.69. The lowest BCUT2D eigenvalue weighted by molar-refractivity contribution is -0.122. The summed E-state index contributed by atoms with van der Waals surface area (Å²) in [5, 5.41) is 2.80. The highest BCUT2D eigenvalue weighted by molar-refractivity contribution is 6.03. The Bertz CT molecular complexity index is 1020. The molecule has 2 amide bonds. The van der Waals surface area contributed by atoms with Crippen LogP contribution < -0.4 is 16.0 Å². The van der Waals surface area contributed by atoms with Gasteiger partial charge in [0.15, 0.2) is 5.82 Å². The van der Waals surface area contributed by atoms with Crippen LogP contribution in [0.15, 0.2) is 61.1 Å². The SMILES string of the molecule is NC(=O)C1CCCN(c2ccc(NC(=O)c3cnc(-c4ccccc4)nc3)cn2)C1. The number of carbonyl (C=O) groups is 2. The summed E-state index contributed by atoms with van der Waals surface area (Å²) < 4.78 is 0. The third-order valence-electron chi connectivity index (χ3n) is 5.10. The Morgan fingerprint density at radius 1 is 1.00 bits per heavy atom. The molecule has 1 unspecified atom stereocenters. The third kappa shape index (κ3) is 4.43. The number of nitrogens with two attached hydrogens (primary N) is 1. The molecule has 3 N–H and O–H groups in total. The Morgan fingerprint density at radius 3 is 2.43 bits per heavy atom. The van der Waals surface area contributed by atoms with Crippen molar-refractivity contribution < 1.29 is 9.59 Å². The second-order valence-electron chi connectivity index (χ2n) is 7.21. The van der Waals surface area contributed by atoms with Crippen LogP contribution in [0.25, 0.3) is 11.4 Å². The van der Waals surface area contributed by atoms with Crippen LogP contribution in [0.3, 0.4) is 0 Å². The first-order chi connectivity index (χ1) is 14.6. The predicted molar refractivity (Wildman–Crippen MR) is 114 cm³/mol. The van der Waals surface area contributed by atoms with Gasteiger partial charge >= 0.3 is 0 Å². The van der Waals surface area contributed by atoms with Crippen LogP contribution in [0.1, 0.15) is 23.2 Å². The number of hydrogen-bond donors (Lipinski definition) is 2. The van der Waals surface area contributed by atoms with Crippen LogP contribution in [0.2, 0.25) is 0 Å². The summed E-state index contributed by atoms with van der Waals surface area (Å²) in [6.45, 7) is 1.40. The van der Waals surface area contributed by atoms with Crippen LogP contribution in [0, 0.1) is 5.92 Å². The van der Waals surface area contributed by atoms with Gasteiger partial charge in [0, 0.05) is 31.0 Å². The Hall–Kier alpha value is -3.81. The zero-order chi connectivity index (χ0) is 20.9. The van der Waals surface area contributed by atoms with Gasteiger partial charge in [-0.25, -0.2) is 15.0 Å². The van der Waals surface area contributed by atoms with E-state index in [2.05, 4.69) is 20.3 Å². The molecule has 1 atom stereocenters. The molecule has 0 aliphatic carbocycles. The number of amides is 2. The number of pyridine rings is 1. The number of nitrogens with one attached hydrogen (secondary N) is 1. The van der Waals surface area contributed by atoms with Gasteiger partial charge in [-0.2, -0.15) is 0 Å². The van der Waals surface area contributed by atoms with Gasteiger partial charge in [-0.15, -0.1) is 0 Å². The van der Waals surface area contributed by atoms with E-state index in [0.29, 0.717) is 23.6 Å². The van der Waals surface area contributed by atoms with Crippen molar-refractivity contribution in [1.29, 1.82) is 0 Å². The number of aromatic nitrogens is 3. The second-order valence-corrected chi connectivity index (χ2v) is 7.21. The van der Waals surface area contributed by atoms with E-state index in [-0.39, 0.29) is 17.7 Å². The number of piperidine rings is 1. The number of hydrogen-bond acceptors (Lipinski definition) is 6. The quantitative estimate of drug-likeness (QED) is 0.678. The summed E-state index contributed by atoms with van der Waals surface area (Å²) >= 11 is 0.